The van der Waals surface area contributed by atoms with E-state index < -0.39 is 5.97 Å². The molecule has 1 fully saturated rings. The minimum absolute atomic E-state index is 0.0808. The summed E-state index contributed by atoms with van der Waals surface area (Å²) in [5, 5.41) is 18.9. The van der Waals surface area contributed by atoms with E-state index in [1.54, 1.807) is 48.7 Å². The third-order valence-electron chi connectivity index (χ3n) is 7.80. The van der Waals surface area contributed by atoms with Crippen LogP contribution in [-0.2, 0) is 24.4 Å². The van der Waals surface area contributed by atoms with E-state index in [9.17, 15) is 9.90 Å². The van der Waals surface area contributed by atoms with E-state index in [4.69, 9.17) is 41.8 Å². The highest BCUT2D eigenvalue weighted by atomic mass is 35.5. The number of rotatable bonds is 16. The van der Waals surface area contributed by atoms with Gasteiger partial charge in [0.15, 0.2) is 5.82 Å². The van der Waals surface area contributed by atoms with Crippen LogP contribution in [-0.4, -0.2) is 73.9 Å². The van der Waals surface area contributed by atoms with Crippen molar-refractivity contribution in [2.24, 2.45) is 5.73 Å². The van der Waals surface area contributed by atoms with Gasteiger partial charge < -0.3 is 29.6 Å². The predicted octanol–water partition coefficient (Wildman–Crippen LogP) is 4.43. The van der Waals surface area contributed by atoms with Crippen LogP contribution >= 0.6 is 11.6 Å². The van der Waals surface area contributed by atoms with Gasteiger partial charge in [-0.15, -0.1) is 0 Å². The normalized spacial score (nSPS) is 15.0. The van der Waals surface area contributed by atoms with Gasteiger partial charge in [0, 0.05) is 38.0 Å². The van der Waals surface area contributed by atoms with Gasteiger partial charge >= 0.3 is 5.97 Å². The fourth-order valence-corrected chi connectivity index (χ4v) is 5.45. The molecule has 2 aromatic heterocycles. The topological polar surface area (TPSA) is 162 Å². The van der Waals surface area contributed by atoms with Gasteiger partial charge in [0.2, 0.25) is 5.88 Å². The molecule has 0 spiro atoms. The predicted molar refractivity (Wildman–Crippen MR) is 167 cm³/mol. The maximum absolute atomic E-state index is 11.7. The lowest BCUT2D eigenvalue weighted by molar-refractivity contribution is -0.0592. The molecule has 0 bridgehead atoms. The van der Waals surface area contributed by atoms with E-state index in [0.717, 1.165) is 36.3 Å². The number of aromatic nitrogens is 4. The van der Waals surface area contributed by atoms with E-state index in [0.29, 0.717) is 67.2 Å². The molecular formula is C32H36ClN7O5. The first kappa shape index (κ1) is 32.1. The summed E-state index contributed by atoms with van der Waals surface area (Å²) in [6, 6.07) is 13.7. The van der Waals surface area contributed by atoms with Crippen LogP contribution in [0.25, 0.3) is 11.0 Å². The molecule has 0 radical (unpaired) electrons. The number of imidazole rings is 1. The van der Waals surface area contributed by atoms with Crippen molar-refractivity contribution in [3.8, 4) is 17.7 Å². The maximum atomic E-state index is 11.7. The lowest BCUT2D eigenvalue weighted by atomic mass is 10.1. The SMILES string of the molecule is CCC(CN)N(CCCOc1ccnc(COc2ccc(C#N)cc2Cl)n1)Cc1nc2ccc(C(=O)O)cc2n1CC1CCO1. The monoisotopic (exact) mass is 633 g/mol. The number of aromatic carboxylic acids is 1. The second-order valence-electron chi connectivity index (χ2n) is 10.8. The van der Waals surface area contributed by atoms with Crippen molar-refractivity contribution in [1.82, 2.24) is 24.4 Å². The molecular weight excluding hydrogens is 598 g/mol. The zero-order valence-electron chi connectivity index (χ0n) is 25.1. The minimum Gasteiger partial charge on any atom is -0.484 e. The molecule has 1 aliphatic rings. The number of nitrogens with two attached hydrogens (primary N) is 1. The van der Waals surface area contributed by atoms with Crippen LogP contribution in [0.1, 0.15) is 53.8 Å². The van der Waals surface area contributed by atoms with Gasteiger partial charge in [0.1, 0.15) is 18.2 Å². The smallest absolute Gasteiger partial charge is 0.335 e. The first-order chi connectivity index (χ1) is 21.9. The van der Waals surface area contributed by atoms with Crippen molar-refractivity contribution in [3.05, 3.63) is 76.5 Å². The van der Waals surface area contributed by atoms with Crippen LogP contribution in [0.2, 0.25) is 5.02 Å². The molecule has 2 unspecified atom stereocenters. The summed E-state index contributed by atoms with van der Waals surface area (Å²) in [5.74, 6) is 1.18. The standard InChI is InChI=1S/C32H36ClN7O5/c1-2-23(17-35)39(19-30-37-26-6-5-22(32(41)42)15-27(26)40(30)18-24-9-13-43-24)11-3-12-44-31-8-10-36-29(38-31)20-45-28-7-4-21(16-34)14-25(28)33/h4-8,10,14-15,23-24H,2-3,9,11-13,17-20,35H2,1H3,(H,41,42). The molecule has 4 aromatic rings. The molecule has 3 heterocycles. The number of carbonyl (C=O) groups is 1. The largest absolute Gasteiger partial charge is 0.484 e. The van der Waals surface area contributed by atoms with Gasteiger partial charge in [0.25, 0.3) is 0 Å². The van der Waals surface area contributed by atoms with Gasteiger partial charge in [-0.25, -0.2) is 14.8 Å². The summed E-state index contributed by atoms with van der Waals surface area (Å²) in [7, 11) is 0. The highest BCUT2D eigenvalue weighted by Crippen LogP contribution is 2.26. The molecule has 0 saturated carbocycles. The second-order valence-corrected chi connectivity index (χ2v) is 11.2. The van der Waals surface area contributed by atoms with Crippen molar-refractivity contribution >= 4 is 28.6 Å². The van der Waals surface area contributed by atoms with Crippen LogP contribution in [0.15, 0.2) is 48.7 Å². The summed E-state index contributed by atoms with van der Waals surface area (Å²) in [4.78, 5) is 27.6. The number of carboxylic acid groups (broad SMARTS) is 1. The minimum atomic E-state index is -0.971. The van der Waals surface area contributed by atoms with Crippen LogP contribution in [0.4, 0.5) is 0 Å². The van der Waals surface area contributed by atoms with E-state index in [2.05, 4.69) is 26.4 Å². The summed E-state index contributed by atoms with van der Waals surface area (Å²) >= 11 is 6.20. The molecule has 0 amide bonds. The molecule has 0 aliphatic carbocycles. The number of carboxylic acids is 1. The van der Waals surface area contributed by atoms with E-state index >= 15 is 0 Å². The summed E-state index contributed by atoms with van der Waals surface area (Å²) in [6.45, 7) is 5.71. The Balaban J connectivity index is 1.22. The van der Waals surface area contributed by atoms with Gasteiger partial charge in [-0.05, 0) is 55.7 Å². The van der Waals surface area contributed by atoms with E-state index in [1.807, 2.05) is 6.07 Å². The summed E-state index contributed by atoms with van der Waals surface area (Å²) < 4.78 is 19.5. The number of nitrogens with zero attached hydrogens (tertiary/aromatic N) is 6. The molecule has 1 aliphatic heterocycles. The molecule has 5 rings (SSSR count). The molecule has 3 N–H and O–H groups in total. The van der Waals surface area contributed by atoms with Crippen LogP contribution < -0.4 is 15.2 Å². The molecule has 2 aromatic carbocycles. The summed E-state index contributed by atoms with van der Waals surface area (Å²) in [6.07, 6.45) is 4.23. The highest BCUT2D eigenvalue weighted by Gasteiger charge is 2.25. The number of halogens is 1. The van der Waals surface area contributed by atoms with Gasteiger partial charge in [0.05, 0.1) is 59.1 Å². The Kier molecular flexibility index (Phi) is 10.8. The van der Waals surface area contributed by atoms with Crippen molar-refractivity contribution in [2.45, 2.75) is 58.0 Å². The molecule has 2 atom stereocenters. The first-order valence-corrected chi connectivity index (χ1v) is 15.3. The fourth-order valence-electron chi connectivity index (χ4n) is 5.21. The Morgan fingerprint density at radius 1 is 1.27 bits per heavy atom. The van der Waals surface area contributed by atoms with Crippen molar-refractivity contribution in [2.75, 3.05) is 26.3 Å². The fraction of sp³-hybridized carbons (Fsp3) is 0.406. The van der Waals surface area contributed by atoms with E-state index in [-0.39, 0.29) is 24.3 Å². The third-order valence-corrected chi connectivity index (χ3v) is 8.09. The number of hydrogen-bond donors (Lipinski definition) is 2. The Morgan fingerprint density at radius 3 is 2.80 bits per heavy atom. The lowest BCUT2D eigenvalue weighted by Crippen LogP contribution is -2.41. The zero-order chi connectivity index (χ0) is 31.8. The average molecular weight is 634 g/mol. The maximum Gasteiger partial charge on any atom is 0.335 e. The molecule has 12 nitrogen and oxygen atoms in total. The average Bonchev–Trinajstić information content (AvgIpc) is 3.36. The van der Waals surface area contributed by atoms with Crippen LogP contribution in [0.3, 0.4) is 0 Å². The highest BCUT2D eigenvalue weighted by molar-refractivity contribution is 6.32. The lowest BCUT2D eigenvalue weighted by Gasteiger charge is -2.31. The van der Waals surface area contributed by atoms with Crippen molar-refractivity contribution in [3.63, 3.8) is 0 Å². The second kappa shape index (κ2) is 15.1. The number of ether oxygens (including phenoxy) is 3. The first-order valence-electron chi connectivity index (χ1n) is 14.9. The van der Waals surface area contributed by atoms with E-state index in [1.165, 1.54) is 0 Å². The summed E-state index contributed by atoms with van der Waals surface area (Å²) in [5.41, 5.74) is 8.40. The Labute approximate surface area is 266 Å². The zero-order valence-corrected chi connectivity index (χ0v) is 25.8. The molecule has 13 heteroatoms. The molecule has 45 heavy (non-hydrogen) atoms. The van der Waals surface area contributed by atoms with Crippen LogP contribution in [0.5, 0.6) is 11.6 Å². The quantitative estimate of drug-likeness (QED) is 0.168. The number of nitriles is 1. The molecule has 236 valence electrons. The third kappa shape index (κ3) is 8.06. The van der Waals surface area contributed by atoms with Crippen LogP contribution in [0, 0.1) is 11.3 Å². The van der Waals surface area contributed by atoms with Gasteiger partial charge in [-0.2, -0.15) is 10.2 Å². The number of hydrogen-bond acceptors (Lipinski definition) is 10. The van der Waals surface area contributed by atoms with Crippen molar-refractivity contribution in [1.29, 1.82) is 5.26 Å². The van der Waals surface area contributed by atoms with Gasteiger partial charge in [-0.3, -0.25) is 4.90 Å². The Bertz CT molecular complexity index is 1670. The Morgan fingerprint density at radius 2 is 2.11 bits per heavy atom. The number of fused-ring (bicyclic) bond motifs is 1. The van der Waals surface area contributed by atoms with Gasteiger partial charge in [-0.1, -0.05) is 18.5 Å². The Hall–Kier alpha value is -4.28. The number of benzene rings is 2. The molecule has 1 saturated heterocycles. The van der Waals surface area contributed by atoms with Crippen molar-refractivity contribution < 1.29 is 24.1 Å².